The van der Waals surface area contributed by atoms with Crippen molar-refractivity contribution >= 4 is 5.97 Å². The number of esters is 1. The normalized spacial score (nSPS) is 19.8. The van der Waals surface area contributed by atoms with E-state index >= 15 is 0 Å². The minimum atomic E-state index is -1.13. The first-order valence-electron chi connectivity index (χ1n) is 6.38. The van der Waals surface area contributed by atoms with E-state index in [4.69, 9.17) is 4.74 Å². The molecule has 0 aromatic carbocycles. The summed E-state index contributed by atoms with van der Waals surface area (Å²) < 4.78 is 4.86. The predicted molar refractivity (Wildman–Crippen MR) is 67.5 cm³/mol. The first-order chi connectivity index (χ1) is 8.20. The second-order valence-corrected chi connectivity index (χ2v) is 4.39. The molecule has 1 fully saturated rings. The Morgan fingerprint density at radius 3 is 2.65 bits per heavy atom. The summed E-state index contributed by atoms with van der Waals surface area (Å²) in [5.41, 5.74) is 0.762. The van der Waals surface area contributed by atoms with Crippen LogP contribution < -0.4 is 0 Å². The first kappa shape index (κ1) is 14.0. The van der Waals surface area contributed by atoms with E-state index in [0.29, 0.717) is 12.5 Å². The maximum Gasteiger partial charge on any atom is 0.339 e. The van der Waals surface area contributed by atoms with Gasteiger partial charge >= 0.3 is 5.97 Å². The smallest absolute Gasteiger partial charge is 0.339 e. The van der Waals surface area contributed by atoms with Crippen LogP contribution in [0.25, 0.3) is 0 Å². The van der Waals surface area contributed by atoms with Gasteiger partial charge in [-0.3, -0.25) is 0 Å². The second-order valence-electron chi connectivity index (χ2n) is 4.39. The largest absolute Gasteiger partial charge is 0.464 e. The van der Waals surface area contributed by atoms with Crippen molar-refractivity contribution in [2.24, 2.45) is 5.92 Å². The van der Waals surface area contributed by atoms with E-state index in [0.717, 1.165) is 31.3 Å². The molecular weight excluding hydrogens is 216 g/mol. The van der Waals surface area contributed by atoms with Gasteiger partial charge in [-0.15, -0.1) is 0 Å². The van der Waals surface area contributed by atoms with Gasteiger partial charge in [-0.05, 0) is 31.3 Å². The molecule has 3 heteroatoms. The quantitative estimate of drug-likeness (QED) is 0.591. The Bertz CT molecular complexity index is 288. The van der Waals surface area contributed by atoms with Crippen molar-refractivity contribution in [1.82, 2.24) is 0 Å². The standard InChI is InChI=1S/C14H22O3/c1-3-8-12(11-9-6-5-7-10-11)13(15)14(16)17-4-2/h3,8,11,13,15H,1,4-7,9-10H2,2H3/b12-8+/t13-/m0/s1. The lowest BCUT2D eigenvalue weighted by Crippen LogP contribution is -2.29. The fourth-order valence-corrected chi connectivity index (χ4v) is 2.38. The van der Waals surface area contributed by atoms with Crippen LogP contribution in [0, 0.1) is 5.92 Å². The van der Waals surface area contributed by atoms with Gasteiger partial charge in [0.2, 0.25) is 0 Å². The molecule has 1 atom stereocenters. The van der Waals surface area contributed by atoms with Crippen molar-refractivity contribution in [2.75, 3.05) is 6.61 Å². The summed E-state index contributed by atoms with van der Waals surface area (Å²) in [4.78, 5) is 11.6. The fourth-order valence-electron chi connectivity index (χ4n) is 2.38. The lowest BCUT2D eigenvalue weighted by atomic mass is 9.81. The van der Waals surface area contributed by atoms with Crippen molar-refractivity contribution in [3.63, 3.8) is 0 Å². The Hall–Kier alpha value is -1.09. The second kappa shape index (κ2) is 7.28. The van der Waals surface area contributed by atoms with E-state index in [9.17, 15) is 9.90 Å². The molecule has 0 aliphatic heterocycles. The van der Waals surface area contributed by atoms with Crippen molar-refractivity contribution in [3.8, 4) is 0 Å². The Morgan fingerprint density at radius 1 is 1.47 bits per heavy atom. The van der Waals surface area contributed by atoms with E-state index in [-0.39, 0.29) is 0 Å². The molecule has 0 aromatic rings. The number of carbonyl (C=O) groups is 1. The van der Waals surface area contributed by atoms with Crippen molar-refractivity contribution < 1.29 is 14.6 Å². The molecule has 1 N–H and O–H groups in total. The van der Waals surface area contributed by atoms with Gasteiger partial charge < -0.3 is 9.84 Å². The van der Waals surface area contributed by atoms with E-state index < -0.39 is 12.1 Å². The van der Waals surface area contributed by atoms with Crippen LogP contribution in [-0.4, -0.2) is 23.8 Å². The number of hydrogen-bond donors (Lipinski definition) is 1. The summed E-state index contributed by atoms with van der Waals surface area (Å²) in [5.74, 6) is -0.257. The highest BCUT2D eigenvalue weighted by atomic mass is 16.5. The Kier molecular flexibility index (Phi) is 5.98. The van der Waals surface area contributed by atoms with Crippen molar-refractivity contribution in [1.29, 1.82) is 0 Å². The summed E-state index contributed by atoms with van der Waals surface area (Å²) in [6.45, 7) is 5.68. The number of aliphatic hydroxyl groups is 1. The van der Waals surface area contributed by atoms with Crippen LogP contribution in [0.4, 0.5) is 0 Å². The Morgan fingerprint density at radius 2 is 2.12 bits per heavy atom. The molecule has 1 aliphatic rings. The van der Waals surface area contributed by atoms with Crippen LogP contribution in [0.15, 0.2) is 24.3 Å². The highest BCUT2D eigenvalue weighted by Crippen LogP contribution is 2.31. The number of ether oxygens (including phenoxy) is 1. The molecule has 96 valence electrons. The third-order valence-electron chi connectivity index (χ3n) is 3.21. The minimum Gasteiger partial charge on any atom is -0.464 e. The summed E-state index contributed by atoms with van der Waals surface area (Å²) >= 11 is 0. The molecule has 1 rings (SSSR count). The molecule has 0 radical (unpaired) electrons. The van der Waals surface area contributed by atoms with Crippen molar-refractivity contribution in [2.45, 2.75) is 45.1 Å². The average molecular weight is 238 g/mol. The zero-order chi connectivity index (χ0) is 12.7. The monoisotopic (exact) mass is 238 g/mol. The van der Waals surface area contributed by atoms with Crippen LogP contribution in [-0.2, 0) is 9.53 Å². The summed E-state index contributed by atoms with van der Waals surface area (Å²) in [6, 6.07) is 0. The molecule has 1 aliphatic carbocycles. The average Bonchev–Trinajstić information content (AvgIpc) is 2.36. The maximum atomic E-state index is 11.6. The summed E-state index contributed by atoms with van der Waals surface area (Å²) in [5, 5.41) is 10.0. The molecule has 0 saturated heterocycles. The van der Waals surface area contributed by atoms with Gasteiger partial charge in [0.1, 0.15) is 0 Å². The molecule has 0 amide bonds. The molecule has 3 nitrogen and oxygen atoms in total. The zero-order valence-electron chi connectivity index (χ0n) is 10.5. The van der Waals surface area contributed by atoms with Crippen LogP contribution in [0.3, 0.4) is 0 Å². The molecule has 0 spiro atoms. The minimum absolute atomic E-state index is 0.293. The zero-order valence-corrected chi connectivity index (χ0v) is 10.5. The summed E-state index contributed by atoms with van der Waals surface area (Å²) in [6.07, 6.45) is 7.91. The van der Waals surface area contributed by atoms with Gasteiger partial charge in [0.25, 0.3) is 0 Å². The number of carbonyl (C=O) groups excluding carboxylic acids is 1. The number of hydrogen-bond acceptors (Lipinski definition) is 3. The maximum absolute atomic E-state index is 11.6. The van der Waals surface area contributed by atoms with Crippen LogP contribution >= 0.6 is 0 Å². The van der Waals surface area contributed by atoms with E-state index in [1.807, 2.05) is 0 Å². The van der Waals surface area contributed by atoms with Gasteiger partial charge in [0.05, 0.1) is 6.61 Å². The summed E-state index contributed by atoms with van der Waals surface area (Å²) in [7, 11) is 0. The third-order valence-corrected chi connectivity index (χ3v) is 3.21. The van der Waals surface area contributed by atoms with Crippen LogP contribution in [0.1, 0.15) is 39.0 Å². The highest BCUT2D eigenvalue weighted by molar-refractivity contribution is 5.78. The van der Waals surface area contributed by atoms with Gasteiger partial charge in [0.15, 0.2) is 6.10 Å². The lowest BCUT2D eigenvalue weighted by Gasteiger charge is -2.26. The van der Waals surface area contributed by atoms with Gasteiger partial charge in [-0.2, -0.15) is 0 Å². The van der Waals surface area contributed by atoms with E-state index in [1.54, 1.807) is 19.1 Å². The molecular formula is C14H22O3. The highest BCUT2D eigenvalue weighted by Gasteiger charge is 2.28. The molecule has 0 unspecified atom stereocenters. The molecule has 0 bridgehead atoms. The van der Waals surface area contributed by atoms with Crippen LogP contribution in [0.2, 0.25) is 0 Å². The first-order valence-corrected chi connectivity index (χ1v) is 6.38. The lowest BCUT2D eigenvalue weighted by molar-refractivity contribution is -0.151. The number of aliphatic hydroxyl groups excluding tert-OH is 1. The number of allylic oxidation sites excluding steroid dienone is 2. The molecule has 0 aromatic heterocycles. The SMILES string of the molecule is C=C/C=C(\C1CCCCC1)[C@H](O)C(=O)OCC. The molecule has 0 heterocycles. The van der Waals surface area contributed by atoms with Gasteiger partial charge in [-0.25, -0.2) is 4.79 Å². The number of rotatable bonds is 5. The van der Waals surface area contributed by atoms with E-state index in [2.05, 4.69) is 6.58 Å². The molecule has 1 saturated carbocycles. The van der Waals surface area contributed by atoms with E-state index in [1.165, 1.54) is 6.42 Å². The van der Waals surface area contributed by atoms with Gasteiger partial charge in [0, 0.05) is 0 Å². The topological polar surface area (TPSA) is 46.5 Å². The Balaban J connectivity index is 2.73. The fraction of sp³-hybridized carbons (Fsp3) is 0.643. The Labute approximate surface area is 103 Å². The van der Waals surface area contributed by atoms with Gasteiger partial charge in [-0.1, -0.05) is 38.0 Å². The third kappa shape index (κ3) is 4.00. The van der Waals surface area contributed by atoms with Crippen molar-refractivity contribution in [3.05, 3.63) is 24.3 Å². The molecule has 17 heavy (non-hydrogen) atoms. The van der Waals surface area contributed by atoms with Crippen LogP contribution in [0.5, 0.6) is 0 Å². The predicted octanol–water partition coefficient (Wildman–Crippen LogP) is 2.60.